The van der Waals surface area contributed by atoms with Gasteiger partial charge >= 0.3 is 0 Å². The van der Waals surface area contributed by atoms with Gasteiger partial charge in [0.15, 0.2) is 0 Å². The molecule has 0 aromatic heterocycles. The van der Waals surface area contributed by atoms with E-state index in [9.17, 15) is 0 Å². The first kappa shape index (κ1) is 19.9. The molecule has 0 amide bonds. The molecule has 6 heteroatoms. The van der Waals surface area contributed by atoms with Crippen molar-refractivity contribution >= 4 is 17.6 Å². The van der Waals surface area contributed by atoms with Crippen LogP contribution < -0.4 is 0 Å². The second-order valence-electron chi connectivity index (χ2n) is 6.42. The molecule has 0 bridgehead atoms. The maximum absolute atomic E-state index is 8.75. The van der Waals surface area contributed by atoms with Crippen molar-refractivity contribution < 1.29 is 9.84 Å². The standard InChI is InChI=1S/C21H27N3O2S/c22-21(24-12-10-23(11-13-24)14-16-26-17-15-25)19-8-4-5-9-20(19)27-18-6-2-1-3-7-18/h1-9,22,25H,10-17H2. The Kier molecular flexibility index (Phi) is 7.71. The number of aliphatic hydroxyl groups excluding tert-OH is 1. The van der Waals surface area contributed by atoms with Crippen LogP contribution in [0, 0.1) is 5.41 Å². The molecule has 1 heterocycles. The van der Waals surface area contributed by atoms with Gasteiger partial charge in [-0.15, -0.1) is 0 Å². The second kappa shape index (κ2) is 10.5. The van der Waals surface area contributed by atoms with Gasteiger partial charge in [-0.25, -0.2) is 0 Å². The van der Waals surface area contributed by atoms with Gasteiger partial charge in [-0.3, -0.25) is 10.3 Å². The minimum Gasteiger partial charge on any atom is -0.394 e. The van der Waals surface area contributed by atoms with Gasteiger partial charge < -0.3 is 14.7 Å². The van der Waals surface area contributed by atoms with Crippen molar-refractivity contribution in [3.63, 3.8) is 0 Å². The quantitative estimate of drug-likeness (QED) is 0.416. The molecule has 0 radical (unpaired) electrons. The molecular formula is C21H27N3O2S. The Labute approximate surface area is 165 Å². The molecule has 0 aliphatic carbocycles. The van der Waals surface area contributed by atoms with Gasteiger partial charge in [0, 0.05) is 48.1 Å². The van der Waals surface area contributed by atoms with Gasteiger partial charge in [-0.05, 0) is 18.2 Å². The Balaban J connectivity index is 1.57. The van der Waals surface area contributed by atoms with Crippen LogP contribution in [-0.4, -0.2) is 73.3 Å². The minimum absolute atomic E-state index is 0.0747. The van der Waals surface area contributed by atoms with E-state index in [2.05, 4.69) is 28.0 Å². The number of amidine groups is 1. The molecule has 0 saturated carbocycles. The van der Waals surface area contributed by atoms with Crippen LogP contribution in [0.15, 0.2) is 64.4 Å². The topological polar surface area (TPSA) is 59.8 Å². The summed E-state index contributed by atoms with van der Waals surface area (Å²) < 4.78 is 5.35. The number of benzene rings is 2. The maximum atomic E-state index is 8.75. The van der Waals surface area contributed by atoms with Gasteiger partial charge in [0.05, 0.1) is 19.8 Å². The summed E-state index contributed by atoms with van der Waals surface area (Å²) in [6, 6.07) is 18.5. The smallest absolute Gasteiger partial charge is 0.129 e. The van der Waals surface area contributed by atoms with Crippen LogP contribution in [0.4, 0.5) is 0 Å². The zero-order valence-electron chi connectivity index (χ0n) is 15.5. The molecule has 1 fully saturated rings. The van der Waals surface area contributed by atoms with Crippen molar-refractivity contribution in [2.75, 3.05) is 52.5 Å². The third-order valence-corrected chi connectivity index (χ3v) is 5.67. The molecule has 3 rings (SSSR count). The number of nitrogens with zero attached hydrogens (tertiary/aromatic N) is 2. The van der Waals surface area contributed by atoms with Gasteiger partial charge in [0.25, 0.3) is 0 Å². The summed E-state index contributed by atoms with van der Waals surface area (Å²) in [6.45, 7) is 5.56. The third-order valence-electron chi connectivity index (χ3n) is 4.59. The van der Waals surface area contributed by atoms with Crippen molar-refractivity contribution in [1.82, 2.24) is 9.80 Å². The van der Waals surface area contributed by atoms with Crippen LogP contribution in [-0.2, 0) is 4.74 Å². The molecule has 2 aromatic carbocycles. The van der Waals surface area contributed by atoms with E-state index in [1.54, 1.807) is 11.8 Å². The molecule has 1 saturated heterocycles. The predicted molar refractivity (Wildman–Crippen MR) is 110 cm³/mol. The number of aliphatic hydroxyl groups is 1. The average molecular weight is 386 g/mol. The van der Waals surface area contributed by atoms with E-state index in [1.165, 1.54) is 4.90 Å². The van der Waals surface area contributed by atoms with Gasteiger partial charge in [0.2, 0.25) is 0 Å². The molecule has 27 heavy (non-hydrogen) atoms. The lowest BCUT2D eigenvalue weighted by atomic mass is 10.1. The summed E-state index contributed by atoms with van der Waals surface area (Å²) in [5, 5.41) is 17.5. The van der Waals surface area contributed by atoms with Crippen LogP contribution in [0.2, 0.25) is 0 Å². The lowest BCUT2D eigenvalue weighted by molar-refractivity contribution is 0.0651. The zero-order valence-corrected chi connectivity index (χ0v) is 16.3. The summed E-state index contributed by atoms with van der Waals surface area (Å²) in [5.74, 6) is 0.602. The fourth-order valence-electron chi connectivity index (χ4n) is 3.09. The fourth-order valence-corrected chi connectivity index (χ4v) is 4.06. The number of hydrogen-bond donors (Lipinski definition) is 2. The first-order valence-corrected chi connectivity index (χ1v) is 10.2. The van der Waals surface area contributed by atoms with E-state index in [-0.39, 0.29) is 6.61 Å². The number of piperazine rings is 1. The second-order valence-corrected chi connectivity index (χ2v) is 7.54. The predicted octanol–water partition coefficient (Wildman–Crippen LogP) is 2.79. The van der Waals surface area contributed by atoms with E-state index in [0.29, 0.717) is 19.0 Å². The van der Waals surface area contributed by atoms with Crippen molar-refractivity contribution in [3.8, 4) is 0 Å². The van der Waals surface area contributed by atoms with Crippen molar-refractivity contribution in [3.05, 3.63) is 60.2 Å². The number of ether oxygens (including phenoxy) is 1. The third kappa shape index (κ3) is 5.81. The van der Waals surface area contributed by atoms with Gasteiger partial charge in [-0.1, -0.05) is 48.2 Å². The van der Waals surface area contributed by atoms with Gasteiger partial charge in [0.1, 0.15) is 5.84 Å². The molecule has 1 aliphatic rings. The van der Waals surface area contributed by atoms with E-state index < -0.39 is 0 Å². The van der Waals surface area contributed by atoms with Crippen LogP contribution in [0.3, 0.4) is 0 Å². The van der Waals surface area contributed by atoms with Crippen LogP contribution >= 0.6 is 11.8 Å². The molecule has 2 N–H and O–H groups in total. The van der Waals surface area contributed by atoms with E-state index in [0.717, 1.165) is 43.2 Å². The molecule has 0 atom stereocenters. The Hall–Kier alpha value is -1.86. The molecule has 5 nitrogen and oxygen atoms in total. The highest BCUT2D eigenvalue weighted by molar-refractivity contribution is 7.99. The first-order chi connectivity index (χ1) is 13.3. The lowest BCUT2D eigenvalue weighted by Crippen LogP contribution is -2.49. The van der Waals surface area contributed by atoms with E-state index in [4.69, 9.17) is 15.3 Å². The highest BCUT2D eigenvalue weighted by Gasteiger charge is 2.21. The number of rotatable bonds is 8. The van der Waals surface area contributed by atoms with Crippen LogP contribution in [0.25, 0.3) is 0 Å². The summed E-state index contributed by atoms with van der Waals surface area (Å²) in [6.07, 6.45) is 0. The monoisotopic (exact) mass is 385 g/mol. The molecule has 0 unspecified atom stereocenters. The number of nitrogens with one attached hydrogen (secondary N) is 1. The fraction of sp³-hybridized carbons (Fsp3) is 0.381. The average Bonchev–Trinajstić information content (AvgIpc) is 2.72. The Morgan fingerprint density at radius 3 is 2.41 bits per heavy atom. The Bertz CT molecular complexity index is 718. The highest BCUT2D eigenvalue weighted by Crippen LogP contribution is 2.31. The largest absolute Gasteiger partial charge is 0.394 e. The van der Waals surface area contributed by atoms with Crippen LogP contribution in [0.1, 0.15) is 5.56 Å². The van der Waals surface area contributed by atoms with Crippen molar-refractivity contribution in [2.24, 2.45) is 0 Å². The van der Waals surface area contributed by atoms with E-state index >= 15 is 0 Å². The normalized spacial score (nSPS) is 15.1. The van der Waals surface area contributed by atoms with Crippen LogP contribution in [0.5, 0.6) is 0 Å². The summed E-state index contributed by atoms with van der Waals surface area (Å²) in [5.41, 5.74) is 0.992. The highest BCUT2D eigenvalue weighted by atomic mass is 32.2. The maximum Gasteiger partial charge on any atom is 0.129 e. The first-order valence-electron chi connectivity index (χ1n) is 9.34. The van der Waals surface area contributed by atoms with E-state index in [1.807, 2.05) is 36.4 Å². The summed E-state index contributed by atoms with van der Waals surface area (Å²) in [4.78, 5) is 6.82. The Morgan fingerprint density at radius 2 is 1.67 bits per heavy atom. The molecule has 1 aliphatic heterocycles. The zero-order chi connectivity index (χ0) is 18.9. The summed E-state index contributed by atoms with van der Waals surface area (Å²) in [7, 11) is 0. The SMILES string of the molecule is N=C(c1ccccc1Sc1ccccc1)N1CCN(CCOCCO)CC1. The van der Waals surface area contributed by atoms with Crippen molar-refractivity contribution in [1.29, 1.82) is 5.41 Å². The molecular weight excluding hydrogens is 358 g/mol. The van der Waals surface area contributed by atoms with Gasteiger partial charge in [-0.2, -0.15) is 0 Å². The van der Waals surface area contributed by atoms with Crippen molar-refractivity contribution in [2.45, 2.75) is 9.79 Å². The Morgan fingerprint density at radius 1 is 0.963 bits per heavy atom. The number of hydrogen-bond acceptors (Lipinski definition) is 5. The lowest BCUT2D eigenvalue weighted by Gasteiger charge is -2.36. The molecule has 144 valence electrons. The minimum atomic E-state index is 0.0747. The molecule has 0 spiro atoms. The summed E-state index contributed by atoms with van der Waals surface area (Å²) >= 11 is 1.71. The molecule has 2 aromatic rings.